The van der Waals surface area contributed by atoms with Gasteiger partial charge in [0.05, 0.1) is 11.8 Å². The van der Waals surface area contributed by atoms with Crippen LogP contribution in [0.15, 0.2) is 30.7 Å². The number of nitrogens with one attached hydrogen (secondary N) is 2. The van der Waals surface area contributed by atoms with Gasteiger partial charge in [0.1, 0.15) is 0 Å². The Morgan fingerprint density at radius 1 is 1.50 bits per heavy atom. The first-order valence-electron chi connectivity index (χ1n) is 5.00. The zero-order valence-corrected chi connectivity index (χ0v) is 8.95. The van der Waals surface area contributed by atoms with E-state index < -0.39 is 0 Å². The maximum Gasteiger partial charge on any atom is 0.253 e. The Kier molecular flexibility index (Phi) is 3.00. The second-order valence-electron chi connectivity index (χ2n) is 3.49. The molecule has 0 aliphatic rings. The Hall–Kier alpha value is -2.10. The summed E-state index contributed by atoms with van der Waals surface area (Å²) in [6, 6.07) is 3.74. The van der Waals surface area contributed by atoms with Gasteiger partial charge in [-0.15, -0.1) is 0 Å². The molecule has 16 heavy (non-hydrogen) atoms. The number of aryl methyl sites for hydroxylation is 1. The van der Waals surface area contributed by atoms with E-state index in [2.05, 4.69) is 21.5 Å². The zero-order chi connectivity index (χ0) is 11.4. The van der Waals surface area contributed by atoms with E-state index in [0.717, 1.165) is 11.1 Å². The van der Waals surface area contributed by atoms with E-state index in [4.69, 9.17) is 0 Å². The molecule has 0 spiro atoms. The molecule has 0 bridgehead atoms. The van der Waals surface area contributed by atoms with E-state index in [1.54, 1.807) is 18.6 Å². The first-order valence-corrected chi connectivity index (χ1v) is 5.00. The quantitative estimate of drug-likeness (QED) is 0.812. The molecule has 2 aromatic rings. The smallest absolute Gasteiger partial charge is 0.253 e. The fraction of sp³-hybridized carbons (Fsp3) is 0.167. The van der Waals surface area contributed by atoms with E-state index in [9.17, 15) is 4.79 Å². The fourth-order valence-corrected chi connectivity index (χ4v) is 1.41. The molecule has 4 nitrogen and oxygen atoms in total. The maximum absolute atomic E-state index is 11.7. The predicted octanol–water partition coefficient (Wildman–Crippen LogP) is 1.45. The Balaban J connectivity index is 1.97. The van der Waals surface area contributed by atoms with Gasteiger partial charge in [-0.2, -0.15) is 0 Å². The molecule has 0 saturated carbocycles. The number of aromatic nitrogens is 2. The largest absolute Gasteiger partial charge is 0.359 e. The highest BCUT2D eigenvalue weighted by Crippen LogP contribution is 2.05. The van der Waals surface area contributed by atoms with E-state index in [1.165, 1.54) is 0 Å². The molecule has 1 amide bonds. The van der Waals surface area contributed by atoms with Crippen molar-refractivity contribution in [2.24, 2.45) is 0 Å². The van der Waals surface area contributed by atoms with Gasteiger partial charge >= 0.3 is 0 Å². The lowest BCUT2D eigenvalue weighted by Gasteiger charge is -2.04. The van der Waals surface area contributed by atoms with Gasteiger partial charge in [-0.3, -0.25) is 9.78 Å². The number of hydrogen-bond donors (Lipinski definition) is 2. The van der Waals surface area contributed by atoms with Crippen LogP contribution in [0, 0.1) is 13.1 Å². The van der Waals surface area contributed by atoms with Crippen molar-refractivity contribution in [3.63, 3.8) is 0 Å². The van der Waals surface area contributed by atoms with Crippen molar-refractivity contribution < 1.29 is 4.79 Å². The number of H-pyrrole nitrogens is 1. The van der Waals surface area contributed by atoms with Crippen molar-refractivity contribution in [2.45, 2.75) is 13.5 Å². The summed E-state index contributed by atoms with van der Waals surface area (Å²) in [6.45, 7) is 2.35. The summed E-state index contributed by atoms with van der Waals surface area (Å²) < 4.78 is 0. The monoisotopic (exact) mass is 214 g/mol. The van der Waals surface area contributed by atoms with Gasteiger partial charge in [0.15, 0.2) is 0 Å². The SMILES string of the molecule is Cc1[c][nH]cc1C(=O)NCc1ccncc1. The summed E-state index contributed by atoms with van der Waals surface area (Å²) in [5, 5.41) is 2.84. The number of carbonyl (C=O) groups is 1. The molecule has 2 heterocycles. The molecule has 0 aliphatic carbocycles. The number of pyridine rings is 1. The van der Waals surface area contributed by atoms with Gasteiger partial charge in [0, 0.05) is 25.1 Å². The molecule has 0 aliphatic heterocycles. The minimum atomic E-state index is -0.0909. The average molecular weight is 214 g/mol. The fourth-order valence-electron chi connectivity index (χ4n) is 1.41. The van der Waals surface area contributed by atoms with Gasteiger partial charge in [-0.1, -0.05) is 0 Å². The van der Waals surface area contributed by atoms with Crippen LogP contribution >= 0.6 is 0 Å². The van der Waals surface area contributed by atoms with Crippen molar-refractivity contribution in [2.75, 3.05) is 0 Å². The number of amides is 1. The number of aromatic amines is 1. The molecule has 0 unspecified atom stereocenters. The van der Waals surface area contributed by atoms with Crippen LogP contribution in [0.4, 0.5) is 0 Å². The second-order valence-corrected chi connectivity index (χ2v) is 3.49. The molecule has 1 radical (unpaired) electrons. The lowest BCUT2D eigenvalue weighted by molar-refractivity contribution is 0.0950. The lowest BCUT2D eigenvalue weighted by Crippen LogP contribution is -2.22. The third kappa shape index (κ3) is 2.28. The topological polar surface area (TPSA) is 57.8 Å². The highest BCUT2D eigenvalue weighted by atomic mass is 16.1. The van der Waals surface area contributed by atoms with Gasteiger partial charge in [-0.05, 0) is 30.2 Å². The van der Waals surface area contributed by atoms with E-state index in [-0.39, 0.29) is 5.91 Å². The highest BCUT2D eigenvalue weighted by molar-refractivity contribution is 5.95. The standard InChI is InChI=1S/C12H12N3O/c1-9-6-14-8-11(9)12(16)15-7-10-2-4-13-5-3-10/h2-5,8,14H,7H2,1H3,(H,15,16). The van der Waals surface area contributed by atoms with E-state index >= 15 is 0 Å². The van der Waals surface area contributed by atoms with Crippen molar-refractivity contribution in [1.82, 2.24) is 15.3 Å². The minimum Gasteiger partial charge on any atom is -0.359 e. The first kappa shape index (κ1) is 10.4. The number of nitrogens with zero attached hydrogens (tertiary/aromatic N) is 1. The lowest BCUT2D eigenvalue weighted by atomic mass is 10.2. The van der Waals surface area contributed by atoms with Crippen LogP contribution in [-0.4, -0.2) is 15.9 Å². The van der Waals surface area contributed by atoms with Crippen molar-refractivity contribution in [3.8, 4) is 0 Å². The van der Waals surface area contributed by atoms with Crippen LogP contribution in [0.2, 0.25) is 0 Å². The van der Waals surface area contributed by atoms with Crippen LogP contribution in [0.1, 0.15) is 21.5 Å². The van der Waals surface area contributed by atoms with Crippen molar-refractivity contribution in [3.05, 3.63) is 53.6 Å². The van der Waals surface area contributed by atoms with Crippen LogP contribution in [0.3, 0.4) is 0 Å². The molecule has 0 atom stereocenters. The van der Waals surface area contributed by atoms with Gasteiger partial charge in [-0.25, -0.2) is 0 Å². The molecule has 2 aromatic heterocycles. The van der Waals surface area contributed by atoms with Crippen LogP contribution in [-0.2, 0) is 6.54 Å². The van der Waals surface area contributed by atoms with Gasteiger partial charge in [0.25, 0.3) is 5.91 Å². The van der Waals surface area contributed by atoms with Gasteiger partial charge in [0.2, 0.25) is 0 Å². The van der Waals surface area contributed by atoms with E-state index in [1.807, 2.05) is 19.1 Å². The maximum atomic E-state index is 11.7. The highest BCUT2D eigenvalue weighted by Gasteiger charge is 2.08. The summed E-state index contributed by atoms with van der Waals surface area (Å²) in [7, 11) is 0. The summed E-state index contributed by atoms with van der Waals surface area (Å²) in [5.74, 6) is -0.0909. The zero-order valence-electron chi connectivity index (χ0n) is 8.95. The molecule has 2 N–H and O–H groups in total. The molecule has 81 valence electrons. The van der Waals surface area contributed by atoms with Crippen molar-refractivity contribution >= 4 is 5.91 Å². The summed E-state index contributed by atoms with van der Waals surface area (Å²) >= 11 is 0. The summed E-state index contributed by atoms with van der Waals surface area (Å²) in [6.07, 6.45) is 7.91. The predicted molar refractivity (Wildman–Crippen MR) is 59.8 cm³/mol. The number of rotatable bonds is 3. The Morgan fingerprint density at radius 3 is 2.88 bits per heavy atom. The number of hydrogen-bond acceptors (Lipinski definition) is 2. The molecular weight excluding hydrogens is 202 g/mol. The summed E-state index contributed by atoms with van der Waals surface area (Å²) in [4.78, 5) is 18.4. The minimum absolute atomic E-state index is 0.0909. The molecule has 0 saturated heterocycles. The molecule has 0 aromatic carbocycles. The molecule has 4 heteroatoms. The van der Waals surface area contributed by atoms with E-state index in [0.29, 0.717) is 12.1 Å². The van der Waals surface area contributed by atoms with Crippen LogP contribution in [0.5, 0.6) is 0 Å². The molecule has 2 rings (SSSR count). The number of carbonyl (C=O) groups excluding carboxylic acids is 1. The third-order valence-electron chi connectivity index (χ3n) is 2.33. The second kappa shape index (κ2) is 4.61. The summed E-state index contributed by atoms with van der Waals surface area (Å²) in [5.41, 5.74) is 2.49. The van der Waals surface area contributed by atoms with Crippen LogP contribution in [0.25, 0.3) is 0 Å². The Labute approximate surface area is 93.7 Å². The normalized spacial score (nSPS) is 10.1. The Bertz CT molecular complexity index is 476. The molecule has 0 fully saturated rings. The first-order chi connectivity index (χ1) is 7.77. The van der Waals surface area contributed by atoms with Gasteiger partial charge < -0.3 is 10.3 Å². The van der Waals surface area contributed by atoms with Crippen LogP contribution < -0.4 is 5.32 Å². The Morgan fingerprint density at radius 2 is 2.25 bits per heavy atom. The third-order valence-corrected chi connectivity index (χ3v) is 2.33. The molecular formula is C12H12N3O. The average Bonchev–Trinajstić information content (AvgIpc) is 2.74. The van der Waals surface area contributed by atoms with Crippen molar-refractivity contribution in [1.29, 1.82) is 0 Å².